The Kier molecular flexibility index (Phi) is 4.90. The highest BCUT2D eigenvalue weighted by atomic mass is 16.5. The Bertz CT molecular complexity index is 158. The summed E-state index contributed by atoms with van der Waals surface area (Å²) in [6.45, 7) is 6.73. The lowest BCUT2D eigenvalue weighted by atomic mass is 9.97. The van der Waals surface area contributed by atoms with Gasteiger partial charge >= 0.3 is 0 Å². The maximum atomic E-state index is 5.81. The molecule has 0 aromatic carbocycles. The van der Waals surface area contributed by atoms with Crippen LogP contribution in [0, 0.1) is 5.92 Å². The first-order valence-corrected chi connectivity index (χ1v) is 5.96. The molecule has 1 saturated heterocycles. The molecule has 0 aliphatic carbocycles. The van der Waals surface area contributed by atoms with Crippen molar-refractivity contribution in [1.82, 2.24) is 5.32 Å². The molecule has 3 atom stereocenters. The molecule has 1 rings (SSSR count). The van der Waals surface area contributed by atoms with Gasteiger partial charge in [-0.2, -0.15) is 0 Å². The summed E-state index contributed by atoms with van der Waals surface area (Å²) in [6.07, 6.45) is 5.98. The summed E-state index contributed by atoms with van der Waals surface area (Å²) in [6, 6.07) is 0.648. The average Bonchev–Trinajstić information content (AvgIpc) is 2.52. The highest BCUT2D eigenvalue weighted by Crippen LogP contribution is 2.23. The van der Waals surface area contributed by atoms with E-state index in [0.717, 1.165) is 5.92 Å². The van der Waals surface area contributed by atoms with Crippen molar-refractivity contribution >= 4 is 0 Å². The van der Waals surface area contributed by atoms with Crippen molar-refractivity contribution in [1.29, 1.82) is 0 Å². The van der Waals surface area contributed by atoms with E-state index in [-0.39, 0.29) is 0 Å². The number of ether oxygens (including phenoxy) is 1. The number of hydrogen-bond donors (Lipinski definition) is 1. The van der Waals surface area contributed by atoms with Crippen LogP contribution in [0.15, 0.2) is 0 Å². The van der Waals surface area contributed by atoms with E-state index in [1.807, 2.05) is 0 Å². The highest BCUT2D eigenvalue weighted by Gasteiger charge is 2.22. The van der Waals surface area contributed by atoms with Gasteiger partial charge in [0, 0.05) is 6.04 Å². The minimum absolute atomic E-state index is 0.493. The van der Waals surface area contributed by atoms with E-state index >= 15 is 0 Å². The van der Waals surface area contributed by atoms with E-state index in [9.17, 15) is 0 Å². The SMILES string of the molecule is CNC(CCC1CCC(C)O1)C(C)C. The van der Waals surface area contributed by atoms with Crippen molar-refractivity contribution in [2.75, 3.05) is 7.05 Å². The van der Waals surface area contributed by atoms with Gasteiger partial charge in [-0.3, -0.25) is 0 Å². The maximum absolute atomic E-state index is 5.81. The molecule has 2 nitrogen and oxygen atoms in total. The molecular weight excluding hydrogens is 174 g/mol. The quantitative estimate of drug-likeness (QED) is 0.735. The first kappa shape index (κ1) is 12.0. The van der Waals surface area contributed by atoms with Crippen molar-refractivity contribution in [3.05, 3.63) is 0 Å². The molecule has 0 amide bonds. The fourth-order valence-electron chi connectivity index (χ4n) is 2.27. The lowest BCUT2D eigenvalue weighted by molar-refractivity contribution is 0.0473. The second-order valence-corrected chi connectivity index (χ2v) is 4.86. The van der Waals surface area contributed by atoms with E-state index in [2.05, 4.69) is 33.1 Å². The van der Waals surface area contributed by atoms with Crippen LogP contribution in [0.4, 0.5) is 0 Å². The van der Waals surface area contributed by atoms with E-state index in [4.69, 9.17) is 4.74 Å². The van der Waals surface area contributed by atoms with Crippen molar-refractivity contribution < 1.29 is 4.74 Å². The molecule has 14 heavy (non-hydrogen) atoms. The Morgan fingerprint density at radius 2 is 2.07 bits per heavy atom. The van der Waals surface area contributed by atoms with Crippen molar-refractivity contribution in [3.63, 3.8) is 0 Å². The predicted octanol–water partition coefficient (Wildman–Crippen LogP) is 2.58. The third-order valence-electron chi connectivity index (χ3n) is 3.30. The molecular formula is C12H25NO. The summed E-state index contributed by atoms with van der Waals surface area (Å²) < 4.78 is 5.81. The normalized spacial score (nSPS) is 29.8. The second kappa shape index (κ2) is 5.72. The van der Waals surface area contributed by atoms with Gasteiger partial charge in [0.25, 0.3) is 0 Å². The Morgan fingerprint density at radius 1 is 1.36 bits per heavy atom. The zero-order chi connectivity index (χ0) is 10.6. The predicted molar refractivity (Wildman–Crippen MR) is 60.5 cm³/mol. The number of rotatable bonds is 5. The van der Waals surface area contributed by atoms with Crippen LogP contribution >= 0.6 is 0 Å². The minimum Gasteiger partial charge on any atom is -0.375 e. The summed E-state index contributed by atoms with van der Waals surface area (Å²) >= 11 is 0. The summed E-state index contributed by atoms with van der Waals surface area (Å²) in [4.78, 5) is 0. The summed E-state index contributed by atoms with van der Waals surface area (Å²) in [5.74, 6) is 0.721. The molecule has 0 saturated carbocycles. The van der Waals surface area contributed by atoms with E-state index in [1.54, 1.807) is 0 Å². The third kappa shape index (κ3) is 3.58. The summed E-state index contributed by atoms with van der Waals surface area (Å²) in [5.41, 5.74) is 0. The number of hydrogen-bond acceptors (Lipinski definition) is 2. The van der Waals surface area contributed by atoms with Gasteiger partial charge in [0.05, 0.1) is 12.2 Å². The molecule has 84 valence electrons. The van der Waals surface area contributed by atoms with Crippen LogP contribution in [0.3, 0.4) is 0 Å². The molecule has 1 aliphatic rings. The van der Waals surface area contributed by atoms with Crippen LogP contribution in [0.5, 0.6) is 0 Å². The first-order valence-electron chi connectivity index (χ1n) is 5.96. The molecule has 1 aliphatic heterocycles. The Labute approximate surface area is 88.4 Å². The van der Waals surface area contributed by atoms with Gasteiger partial charge in [-0.25, -0.2) is 0 Å². The van der Waals surface area contributed by atoms with Crippen molar-refractivity contribution in [3.8, 4) is 0 Å². The van der Waals surface area contributed by atoms with E-state index in [0.29, 0.717) is 18.2 Å². The minimum atomic E-state index is 0.493. The molecule has 0 aromatic rings. The largest absolute Gasteiger partial charge is 0.375 e. The Morgan fingerprint density at radius 3 is 2.50 bits per heavy atom. The van der Waals surface area contributed by atoms with Gasteiger partial charge in [0.15, 0.2) is 0 Å². The molecule has 0 radical (unpaired) electrons. The fourth-order valence-corrected chi connectivity index (χ4v) is 2.27. The second-order valence-electron chi connectivity index (χ2n) is 4.86. The summed E-state index contributed by atoms with van der Waals surface area (Å²) in [7, 11) is 2.06. The zero-order valence-electron chi connectivity index (χ0n) is 10.0. The van der Waals surface area contributed by atoms with Gasteiger partial charge in [-0.15, -0.1) is 0 Å². The molecule has 1 heterocycles. The topological polar surface area (TPSA) is 21.3 Å². The van der Waals surface area contributed by atoms with Crippen LogP contribution < -0.4 is 5.32 Å². The average molecular weight is 199 g/mol. The van der Waals surface area contributed by atoms with E-state index in [1.165, 1.54) is 25.7 Å². The molecule has 2 heteroatoms. The first-order chi connectivity index (χ1) is 6.63. The van der Waals surface area contributed by atoms with Gasteiger partial charge in [-0.05, 0) is 45.6 Å². The zero-order valence-corrected chi connectivity index (χ0v) is 10.0. The smallest absolute Gasteiger partial charge is 0.0580 e. The molecule has 0 spiro atoms. The highest BCUT2D eigenvalue weighted by molar-refractivity contribution is 4.75. The van der Waals surface area contributed by atoms with E-state index < -0.39 is 0 Å². The molecule has 0 bridgehead atoms. The van der Waals surface area contributed by atoms with Crippen molar-refractivity contribution in [2.45, 2.75) is 64.7 Å². The molecule has 0 aromatic heterocycles. The van der Waals surface area contributed by atoms with Gasteiger partial charge in [-0.1, -0.05) is 13.8 Å². The lowest BCUT2D eigenvalue weighted by Gasteiger charge is -2.21. The van der Waals surface area contributed by atoms with Gasteiger partial charge in [0.1, 0.15) is 0 Å². The standard InChI is InChI=1S/C12H25NO/c1-9(2)12(13-4)8-7-11-6-5-10(3)14-11/h9-13H,5-8H2,1-4H3. The monoisotopic (exact) mass is 199 g/mol. The molecule has 1 fully saturated rings. The van der Waals surface area contributed by atoms with Crippen LogP contribution in [0.1, 0.15) is 46.5 Å². The Hall–Kier alpha value is -0.0800. The molecule has 1 N–H and O–H groups in total. The van der Waals surface area contributed by atoms with Gasteiger partial charge < -0.3 is 10.1 Å². The maximum Gasteiger partial charge on any atom is 0.0580 e. The summed E-state index contributed by atoms with van der Waals surface area (Å²) in [5, 5.41) is 3.38. The van der Waals surface area contributed by atoms with Crippen molar-refractivity contribution in [2.24, 2.45) is 5.92 Å². The van der Waals surface area contributed by atoms with Gasteiger partial charge in [0.2, 0.25) is 0 Å². The third-order valence-corrected chi connectivity index (χ3v) is 3.30. The Balaban J connectivity index is 2.18. The fraction of sp³-hybridized carbons (Fsp3) is 1.00. The van der Waals surface area contributed by atoms with Crippen LogP contribution in [0.2, 0.25) is 0 Å². The van der Waals surface area contributed by atoms with Crippen LogP contribution in [0.25, 0.3) is 0 Å². The van der Waals surface area contributed by atoms with Crippen LogP contribution in [-0.4, -0.2) is 25.3 Å². The van der Waals surface area contributed by atoms with Crippen LogP contribution in [-0.2, 0) is 4.74 Å². The number of nitrogens with one attached hydrogen (secondary N) is 1. The lowest BCUT2D eigenvalue weighted by Crippen LogP contribution is -2.31. The molecule has 3 unspecified atom stereocenters.